The number of anilines is 1. The predicted molar refractivity (Wildman–Crippen MR) is 91.0 cm³/mol. The van der Waals surface area contributed by atoms with E-state index in [4.69, 9.17) is 4.98 Å². The van der Waals surface area contributed by atoms with E-state index in [1.807, 2.05) is 11.3 Å². The van der Waals surface area contributed by atoms with Gasteiger partial charge in [0.05, 0.1) is 5.69 Å². The molecule has 0 spiro atoms. The van der Waals surface area contributed by atoms with Crippen LogP contribution < -0.4 is 10.2 Å². The fraction of sp³-hybridized carbons (Fsp3) is 0.824. The van der Waals surface area contributed by atoms with Crippen LogP contribution in [0.2, 0.25) is 0 Å². The summed E-state index contributed by atoms with van der Waals surface area (Å²) < 4.78 is 0. The van der Waals surface area contributed by atoms with Gasteiger partial charge in [-0.1, -0.05) is 20.8 Å². The van der Waals surface area contributed by atoms with Crippen molar-refractivity contribution in [2.75, 3.05) is 18.0 Å². The second kappa shape index (κ2) is 6.25. The van der Waals surface area contributed by atoms with E-state index in [-0.39, 0.29) is 0 Å². The van der Waals surface area contributed by atoms with Gasteiger partial charge >= 0.3 is 0 Å². The SMILES string of the molecule is CC(C)(C)C1CCCN(c2nc(CNC3CC3)cs2)CC1. The highest BCUT2D eigenvalue weighted by Crippen LogP contribution is 2.35. The van der Waals surface area contributed by atoms with Gasteiger partial charge in [0.25, 0.3) is 0 Å². The summed E-state index contributed by atoms with van der Waals surface area (Å²) in [6.45, 7) is 10.5. The molecule has 2 aliphatic rings. The summed E-state index contributed by atoms with van der Waals surface area (Å²) in [5.41, 5.74) is 1.66. The predicted octanol–water partition coefficient (Wildman–Crippen LogP) is 4.05. The largest absolute Gasteiger partial charge is 0.348 e. The Morgan fingerprint density at radius 3 is 2.76 bits per heavy atom. The number of rotatable bonds is 4. The van der Waals surface area contributed by atoms with E-state index >= 15 is 0 Å². The van der Waals surface area contributed by atoms with Crippen molar-refractivity contribution < 1.29 is 0 Å². The lowest BCUT2D eigenvalue weighted by Gasteiger charge is -2.29. The van der Waals surface area contributed by atoms with Gasteiger partial charge in [0.1, 0.15) is 0 Å². The third kappa shape index (κ3) is 4.19. The van der Waals surface area contributed by atoms with Crippen molar-refractivity contribution >= 4 is 16.5 Å². The average Bonchev–Trinajstić information content (AvgIpc) is 3.19. The maximum atomic E-state index is 4.84. The van der Waals surface area contributed by atoms with Gasteiger partial charge in [-0.2, -0.15) is 0 Å². The van der Waals surface area contributed by atoms with E-state index in [1.165, 1.54) is 56.0 Å². The normalized spacial score (nSPS) is 24.1. The minimum Gasteiger partial charge on any atom is -0.348 e. The highest BCUT2D eigenvalue weighted by Gasteiger charge is 2.28. The topological polar surface area (TPSA) is 28.2 Å². The molecule has 3 rings (SSSR count). The number of nitrogens with zero attached hydrogens (tertiary/aromatic N) is 2. The molecule has 1 N–H and O–H groups in total. The van der Waals surface area contributed by atoms with E-state index < -0.39 is 0 Å². The lowest BCUT2D eigenvalue weighted by molar-refractivity contribution is 0.220. The highest BCUT2D eigenvalue weighted by molar-refractivity contribution is 7.13. The number of aromatic nitrogens is 1. The lowest BCUT2D eigenvalue weighted by Crippen LogP contribution is -2.26. The van der Waals surface area contributed by atoms with Crippen LogP contribution in [0.25, 0.3) is 0 Å². The van der Waals surface area contributed by atoms with E-state index in [1.54, 1.807) is 0 Å². The van der Waals surface area contributed by atoms with Crippen molar-refractivity contribution in [3.05, 3.63) is 11.1 Å². The van der Waals surface area contributed by atoms with Crippen molar-refractivity contribution in [1.29, 1.82) is 0 Å². The molecule has 4 heteroatoms. The smallest absolute Gasteiger partial charge is 0.185 e. The van der Waals surface area contributed by atoms with E-state index in [0.29, 0.717) is 5.41 Å². The van der Waals surface area contributed by atoms with E-state index in [9.17, 15) is 0 Å². The molecule has 1 aliphatic heterocycles. The molecule has 3 nitrogen and oxygen atoms in total. The van der Waals surface area contributed by atoms with Crippen LogP contribution in [0.3, 0.4) is 0 Å². The Hall–Kier alpha value is -0.610. The number of hydrogen-bond donors (Lipinski definition) is 1. The molecule has 118 valence electrons. The van der Waals surface area contributed by atoms with Gasteiger partial charge in [-0.15, -0.1) is 11.3 Å². The highest BCUT2D eigenvalue weighted by atomic mass is 32.1. The Labute approximate surface area is 133 Å². The van der Waals surface area contributed by atoms with Crippen LogP contribution in [-0.4, -0.2) is 24.1 Å². The second-order valence-corrected chi connectivity index (χ2v) is 8.59. The zero-order valence-corrected chi connectivity index (χ0v) is 14.5. The summed E-state index contributed by atoms with van der Waals surface area (Å²) in [5.74, 6) is 0.846. The molecule has 0 radical (unpaired) electrons. The molecule has 0 aromatic carbocycles. The van der Waals surface area contributed by atoms with Crippen molar-refractivity contribution in [2.45, 2.75) is 65.5 Å². The molecule has 1 saturated carbocycles. The Morgan fingerprint density at radius 2 is 2.05 bits per heavy atom. The van der Waals surface area contributed by atoms with Crippen LogP contribution >= 0.6 is 11.3 Å². The molecule has 1 saturated heterocycles. The summed E-state index contributed by atoms with van der Waals surface area (Å²) in [7, 11) is 0. The number of thiazole rings is 1. The van der Waals surface area contributed by atoms with Crippen LogP contribution in [0.5, 0.6) is 0 Å². The van der Waals surface area contributed by atoms with Crippen LogP contribution in [0.15, 0.2) is 5.38 Å². The van der Waals surface area contributed by atoms with Crippen LogP contribution in [0.1, 0.15) is 58.6 Å². The summed E-state index contributed by atoms with van der Waals surface area (Å²) in [5, 5.41) is 7.02. The Kier molecular flexibility index (Phi) is 4.55. The van der Waals surface area contributed by atoms with Crippen molar-refractivity contribution in [3.63, 3.8) is 0 Å². The zero-order chi connectivity index (χ0) is 14.9. The van der Waals surface area contributed by atoms with Crippen molar-refractivity contribution in [2.24, 2.45) is 11.3 Å². The first-order valence-electron chi connectivity index (χ1n) is 8.45. The van der Waals surface area contributed by atoms with Crippen molar-refractivity contribution in [3.8, 4) is 0 Å². The molecule has 1 atom stereocenters. The summed E-state index contributed by atoms with van der Waals surface area (Å²) in [6, 6.07) is 0.765. The fourth-order valence-corrected chi connectivity index (χ4v) is 4.09. The number of hydrogen-bond acceptors (Lipinski definition) is 4. The number of nitrogens with one attached hydrogen (secondary N) is 1. The molecule has 1 aliphatic carbocycles. The van der Waals surface area contributed by atoms with Gasteiger partial charge in [-0.05, 0) is 43.4 Å². The van der Waals surface area contributed by atoms with Crippen LogP contribution in [-0.2, 0) is 6.54 Å². The Balaban J connectivity index is 1.56. The average molecular weight is 308 g/mol. The summed E-state index contributed by atoms with van der Waals surface area (Å²) in [4.78, 5) is 7.36. The standard InChI is InChI=1S/C17H29N3S/c1-17(2,3)13-5-4-9-20(10-8-13)16-19-15(12-21-16)11-18-14-6-7-14/h12-14,18H,4-11H2,1-3H3. The molecule has 2 fully saturated rings. The molecule has 0 amide bonds. The maximum absolute atomic E-state index is 4.84. The summed E-state index contributed by atoms with van der Waals surface area (Å²) in [6.07, 6.45) is 6.66. The maximum Gasteiger partial charge on any atom is 0.185 e. The second-order valence-electron chi connectivity index (χ2n) is 7.76. The first-order chi connectivity index (χ1) is 10.0. The minimum atomic E-state index is 0.443. The fourth-order valence-electron chi connectivity index (χ4n) is 3.21. The Bertz CT molecular complexity index is 459. The molecule has 1 aromatic heterocycles. The van der Waals surface area contributed by atoms with Gasteiger partial charge < -0.3 is 10.2 Å². The molecular formula is C17H29N3S. The van der Waals surface area contributed by atoms with Crippen LogP contribution in [0.4, 0.5) is 5.13 Å². The van der Waals surface area contributed by atoms with E-state index in [2.05, 4.69) is 36.4 Å². The van der Waals surface area contributed by atoms with Gasteiger partial charge in [0.2, 0.25) is 0 Å². The lowest BCUT2D eigenvalue weighted by atomic mass is 9.77. The third-order valence-corrected chi connectivity index (χ3v) is 5.86. The monoisotopic (exact) mass is 307 g/mol. The van der Waals surface area contributed by atoms with E-state index in [0.717, 1.165) is 18.5 Å². The van der Waals surface area contributed by atoms with Crippen molar-refractivity contribution in [1.82, 2.24) is 10.3 Å². The van der Waals surface area contributed by atoms with Gasteiger partial charge in [0.15, 0.2) is 5.13 Å². The first-order valence-corrected chi connectivity index (χ1v) is 9.33. The third-order valence-electron chi connectivity index (χ3n) is 4.91. The van der Waals surface area contributed by atoms with Gasteiger partial charge in [0, 0.05) is 31.1 Å². The summed E-state index contributed by atoms with van der Waals surface area (Å²) >= 11 is 1.82. The zero-order valence-electron chi connectivity index (χ0n) is 13.7. The van der Waals surface area contributed by atoms with Gasteiger partial charge in [-0.3, -0.25) is 0 Å². The molecule has 1 aromatic rings. The molecule has 1 unspecified atom stereocenters. The molecule has 21 heavy (non-hydrogen) atoms. The van der Waals surface area contributed by atoms with Crippen LogP contribution in [0, 0.1) is 11.3 Å². The quantitative estimate of drug-likeness (QED) is 0.909. The first kappa shape index (κ1) is 15.3. The molecule has 2 heterocycles. The molecule has 0 bridgehead atoms. The minimum absolute atomic E-state index is 0.443. The molecular weight excluding hydrogens is 278 g/mol. The Morgan fingerprint density at radius 1 is 1.24 bits per heavy atom. The van der Waals surface area contributed by atoms with Gasteiger partial charge in [-0.25, -0.2) is 4.98 Å².